The molecule has 0 spiro atoms. The Balaban J connectivity index is 1.41. The molecule has 0 aromatic carbocycles. The van der Waals surface area contributed by atoms with Crippen molar-refractivity contribution >= 4 is 11.9 Å². The summed E-state index contributed by atoms with van der Waals surface area (Å²) in [6.07, 6.45) is 1.56. The van der Waals surface area contributed by atoms with Crippen molar-refractivity contribution in [3.8, 4) is 0 Å². The number of rotatable bonds is 4. The monoisotopic (exact) mass is 350 g/mol. The number of carbonyl (C=O) groups is 1. The van der Waals surface area contributed by atoms with Gasteiger partial charge in [-0.25, -0.2) is 0 Å². The molecule has 3 heterocycles. The van der Waals surface area contributed by atoms with Gasteiger partial charge in [0, 0.05) is 52.4 Å². The topological polar surface area (TPSA) is 86.4 Å². The number of ether oxygens (including phenoxy) is 1. The normalized spacial score (nSPS) is 20.0. The lowest BCUT2D eigenvalue weighted by Crippen LogP contribution is -2.54. The van der Waals surface area contributed by atoms with Crippen LogP contribution in [0.25, 0.3) is 0 Å². The number of morpholine rings is 1. The van der Waals surface area contributed by atoms with E-state index < -0.39 is 0 Å². The van der Waals surface area contributed by atoms with E-state index in [0.717, 1.165) is 37.8 Å². The second kappa shape index (κ2) is 8.82. The van der Waals surface area contributed by atoms with Crippen LogP contribution in [0.5, 0.6) is 0 Å². The van der Waals surface area contributed by atoms with Crippen molar-refractivity contribution in [3.63, 3.8) is 0 Å². The lowest BCUT2D eigenvalue weighted by atomic mass is 10.3. The molecule has 2 aliphatic heterocycles. The number of nitrogens with one attached hydrogen (secondary N) is 1. The quantitative estimate of drug-likeness (QED) is 0.563. The van der Waals surface area contributed by atoms with Crippen LogP contribution in [-0.2, 0) is 16.1 Å². The molecule has 1 amide bonds. The van der Waals surface area contributed by atoms with Gasteiger partial charge < -0.3 is 24.4 Å². The molecule has 3 rings (SSSR count). The summed E-state index contributed by atoms with van der Waals surface area (Å²) in [6.45, 7) is 7.15. The summed E-state index contributed by atoms with van der Waals surface area (Å²) in [5, 5.41) is 7.18. The molecule has 1 aromatic rings. The first-order valence-corrected chi connectivity index (χ1v) is 8.69. The molecule has 138 valence electrons. The molecule has 9 heteroatoms. The fourth-order valence-corrected chi connectivity index (χ4v) is 3.05. The Morgan fingerprint density at radius 3 is 2.60 bits per heavy atom. The fourth-order valence-electron chi connectivity index (χ4n) is 3.05. The third-order valence-electron chi connectivity index (χ3n) is 4.53. The molecular formula is C16H26N6O3. The van der Waals surface area contributed by atoms with Crippen LogP contribution in [0.2, 0.25) is 0 Å². The average Bonchev–Trinajstić information content (AvgIpc) is 3.18. The zero-order valence-electron chi connectivity index (χ0n) is 14.7. The van der Waals surface area contributed by atoms with Gasteiger partial charge in [-0.1, -0.05) is 5.16 Å². The maximum atomic E-state index is 12.3. The zero-order valence-corrected chi connectivity index (χ0v) is 14.7. The van der Waals surface area contributed by atoms with Crippen LogP contribution < -0.4 is 5.32 Å². The van der Waals surface area contributed by atoms with Gasteiger partial charge in [0.2, 0.25) is 5.91 Å². The second-order valence-corrected chi connectivity index (χ2v) is 6.15. The van der Waals surface area contributed by atoms with E-state index in [9.17, 15) is 4.79 Å². The minimum absolute atomic E-state index is 0.199. The number of guanidine groups is 1. The van der Waals surface area contributed by atoms with E-state index in [-0.39, 0.29) is 5.91 Å². The van der Waals surface area contributed by atoms with E-state index in [4.69, 9.17) is 9.26 Å². The van der Waals surface area contributed by atoms with Gasteiger partial charge in [0.05, 0.1) is 26.3 Å². The minimum atomic E-state index is 0.199. The molecule has 2 saturated heterocycles. The van der Waals surface area contributed by atoms with Crippen LogP contribution in [0.3, 0.4) is 0 Å². The third kappa shape index (κ3) is 4.93. The summed E-state index contributed by atoms with van der Waals surface area (Å²) >= 11 is 0. The van der Waals surface area contributed by atoms with Crippen LogP contribution in [0.15, 0.2) is 21.8 Å². The van der Waals surface area contributed by atoms with Crippen LogP contribution in [0.1, 0.15) is 5.69 Å². The van der Waals surface area contributed by atoms with E-state index in [1.165, 1.54) is 0 Å². The minimum Gasteiger partial charge on any atom is -0.378 e. The van der Waals surface area contributed by atoms with Crippen molar-refractivity contribution in [2.45, 2.75) is 6.54 Å². The van der Waals surface area contributed by atoms with Gasteiger partial charge in [-0.05, 0) is 0 Å². The first-order valence-electron chi connectivity index (χ1n) is 8.69. The van der Waals surface area contributed by atoms with E-state index in [1.54, 1.807) is 13.3 Å². The van der Waals surface area contributed by atoms with Crippen LogP contribution in [0, 0.1) is 0 Å². The highest BCUT2D eigenvalue weighted by molar-refractivity contribution is 5.80. The summed E-state index contributed by atoms with van der Waals surface area (Å²) in [5.74, 6) is 1.05. The Hall–Kier alpha value is -2.13. The van der Waals surface area contributed by atoms with E-state index >= 15 is 0 Å². The van der Waals surface area contributed by atoms with Crippen LogP contribution in [-0.4, -0.2) is 97.8 Å². The van der Waals surface area contributed by atoms with Crippen molar-refractivity contribution in [1.82, 2.24) is 25.2 Å². The van der Waals surface area contributed by atoms with Crippen molar-refractivity contribution < 1.29 is 14.1 Å². The largest absolute Gasteiger partial charge is 0.378 e. The summed E-state index contributed by atoms with van der Waals surface area (Å²) in [4.78, 5) is 23.0. The van der Waals surface area contributed by atoms with Gasteiger partial charge in [-0.15, -0.1) is 0 Å². The summed E-state index contributed by atoms with van der Waals surface area (Å²) in [5.41, 5.74) is 0.843. The van der Waals surface area contributed by atoms with Crippen LogP contribution >= 0.6 is 0 Å². The van der Waals surface area contributed by atoms with Crippen molar-refractivity contribution in [2.24, 2.45) is 4.99 Å². The molecule has 9 nitrogen and oxygen atoms in total. The Kier molecular flexibility index (Phi) is 6.24. The van der Waals surface area contributed by atoms with Gasteiger partial charge in [-0.3, -0.25) is 14.7 Å². The molecule has 2 aliphatic rings. The highest BCUT2D eigenvalue weighted by atomic mass is 16.5. The summed E-state index contributed by atoms with van der Waals surface area (Å²) < 4.78 is 10.1. The molecule has 1 aromatic heterocycles. The molecule has 0 atom stereocenters. The number of piperazine rings is 1. The average molecular weight is 350 g/mol. The van der Waals surface area contributed by atoms with Crippen molar-refractivity contribution in [1.29, 1.82) is 0 Å². The second-order valence-electron chi connectivity index (χ2n) is 6.15. The Labute approximate surface area is 147 Å². The highest BCUT2D eigenvalue weighted by Gasteiger charge is 2.24. The highest BCUT2D eigenvalue weighted by Crippen LogP contribution is 2.05. The molecule has 0 saturated carbocycles. The number of carbonyl (C=O) groups excluding carboxylic acids is 1. The van der Waals surface area contributed by atoms with Crippen molar-refractivity contribution in [3.05, 3.63) is 18.0 Å². The maximum Gasteiger partial charge on any atom is 0.236 e. The lowest BCUT2D eigenvalue weighted by molar-refractivity contribution is -0.136. The zero-order chi connectivity index (χ0) is 17.5. The molecule has 0 aliphatic carbocycles. The Morgan fingerprint density at radius 1 is 1.20 bits per heavy atom. The van der Waals surface area contributed by atoms with Crippen molar-refractivity contribution in [2.75, 3.05) is 66.1 Å². The number of nitrogens with zero attached hydrogens (tertiary/aromatic N) is 5. The predicted octanol–water partition coefficient (Wildman–Crippen LogP) is -0.774. The molecule has 0 unspecified atom stereocenters. The SMILES string of the molecule is CN=C(NCc1ccon1)N1CCN(CC(=O)N2CCOCC2)CC1. The first-order chi connectivity index (χ1) is 12.3. The first kappa shape index (κ1) is 17.7. The van der Waals surface area contributed by atoms with E-state index in [2.05, 4.69) is 25.3 Å². The molecule has 25 heavy (non-hydrogen) atoms. The number of aromatic nitrogens is 1. The Morgan fingerprint density at radius 2 is 1.96 bits per heavy atom. The maximum absolute atomic E-state index is 12.3. The predicted molar refractivity (Wildman–Crippen MR) is 92.1 cm³/mol. The van der Waals surface area contributed by atoms with Gasteiger partial charge in [0.25, 0.3) is 0 Å². The van der Waals surface area contributed by atoms with E-state index in [1.807, 2.05) is 11.0 Å². The van der Waals surface area contributed by atoms with Gasteiger partial charge in [0.1, 0.15) is 12.0 Å². The number of hydrogen-bond acceptors (Lipinski definition) is 6. The number of amides is 1. The lowest BCUT2D eigenvalue weighted by Gasteiger charge is -2.37. The standard InChI is InChI=1S/C16H26N6O3/c1-17-16(18-12-14-2-9-25-19-14)22-5-3-20(4-6-22)13-15(23)21-7-10-24-11-8-21/h2,9H,3-8,10-13H2,1H3,(H,17,18). The molecule has 0 bridgehead atoms. The van der Waals surface area contributed by atoms with Gasteiger partial charge >= 0.3 is 0 Å². The van der Waals surface area contributed by atoms with E-state index in [0.29, 0.717) is 39.4 Å². The van der Waals surface area contributed by atoms with Gasteiger partial charge in [-0.2, -0.15) is 0 Å². The Bertz CT molecular complexity index is 562. The molecule has 1 N–H and O–H groups in total. The summed E-state index contributed by atoms with van der Waals surface area (Å²) in [7, 11) is 1.78. The van der Waals surface area contributed by atoms with Gasteiger partial charge in [0.15, 0.2) is 5.96 Å². The van der Waals surface area contributed by atoms with Crippen LogP contribution in [0.4, 0.5) is 0 Å². The number of aliphatic imine (C=N–C) groups is 1. The molecular weight excluding hydrogens is 324 g/mol. The number of hydrogen-bond donors (Lipinski definition) is 1. The smallest absolute Gasteiger partial charge is 0.236 e. The summed E-state index contributed by atoms with van der Waals surface area (Å²) in [6, 6.07) is 1.83. The molecule has 0 radical (unpaired) electrons. The fraction of sp³-hybridized carbons (Fsp3) is 0.688. The molecule has 2 fully saturated rings. The third-order valence-corrected chi connectivity index (χ3v) is 4.53.